The molecule has 1 aliphatic heterocycles. The van der Waals surface area contributed by atoms with Crippen LogP contribution in [0.25, 0.3) is 0 Å². The molecule has 4 heteroatoms. The van der Waals surface area contributed by atoms with E-state index in [1.165, 1.54) is 6.42 Å². The molecule has 0 saturated carbocycles. The zero-order valence-electron chi connectivity index (χ0n) is 11.8. The number of ether oxygens (including phenoxy) is 2. The molecule has 2 unspecified atom stereocenters. The number of likely N-dealkylation sites (tertiary alicyclic amines) is 1. The summed E-state index contributed by atoms with van der Waals surface area (Å²) in [5.41, 5.74) is 7.40. The van der Waals surface area contributed by atoms with Crippen molar-refractivity contribution in [3.05, 3.63) is 29.8 Å². The fourth-order valence-corrected chi connectivity index (χ4v) is 2.80. The van der Waals surface area contributed by atoms with E-state index in [1.54, 1.807) is 14.2 Å². The number of para-hydroxylation sites is 1. The lowest BCUT2D eigenvalue weighted by atomic mass is 10.1. The first-order chi connectivity index (χ1) is 9.24. The third kappa shape index (κ3) is 3.69. The second kappa shape index (κ2) is 6.89. The monoisotopic (exact) mass is 264 g/mol. The number of nitrogens with two attached hydrogens (primary N) is 1. The smallest absolute Gasteiger partial charge is 0.123 e. The predicted molar refractivity (Wildman–Crippen MR) is 76.3 cm³/mol. The van der Waals surface area contributed by atoms with Gasteiger partial charge in [-0.25, -0.2) is 0 Å². The van der Waals surface area contributed by atoms with Crippen LogP contribution in [0.5, 0.6) is 5.75 Å². The van der Waals surface area contributed by atoms with Crippen molar-refractivity contribution in [2.75, 3.05) is 40.5 Å². The molecule has 1 heterocycles. The summed E-state index contributed by atoms with van der Waals surface area (Å²) in [6.07, 6.45) is 1.20. The molecule has 0 bridgehead atoms. The first-order valence-electron chi connectivity index (χ1n) is 6.84. The van der Waals surface area contributed by atoms with Gasteiger partial charge >= 0.3 is 0 Å². The average Bonchev–Trinajstić information content (AvgIpc) is 2.86. The summed E-state index contributed by atoms with van der Waals surface area (Å²) in [5, 5.41) is 0. The average molecular weight is 264 g/mol. The SMILES string of the molecule is COCC1CCN(CC(N)c2ccccc2OC)C1. The molecule has 0 amide bonds. The zero-order chi connectivity index (χ0) is 13.7. The van der Waals surface area contributed by atoms with Gasteiger partial charge in [-0.3, -0.25) is 0 Å². The second-order valence-electron chi connectivity index (χ2n) is 5.22. The molecule has 1 aliphatic rings. The Kier molecular flexibility index (Phi) is 5.19. The summed E-state index contributed by atoms with van der Waals surface area (Å²) in [7, 11) is 3.46. The van der Waals surface area contributed by atoms with Gasteiger partial charge in [-0.2, -0.15) is 0 Å². The van der Waals surface area contributed by atoms with E-state index >= 15 is 0 Å². The summed E-state index contributed by atoms with van der Waals surface area (Å²) >= 11 is 0. The lowest BCUT2D eigenvalue weighted by Gasteiger charge is -2.22. The number of methoxy groups -OCH3 is 2. The van der Waals surface area contributed by atoms with E-state index in [1.807, 2.05) is 24.3 Å². The quantitative estimate of drug-likeness (QED) is 0.849. The minimum absolute atomic E-state index is 0.00237. The molecular weight excluding hydrogens is 240 g/mol. The topological polar surface area (TPSA) is 47.7 Å². The molecule has 1 saturated heterocycles. The maximum Gasteiger partial charge on any atom is 0.123 e. The number of benzene rings is 1. The Labute approximate surface area is 115 Å². The largest absolute Gasteiger partial charge is 0.496 e. The van der Waals surface area contributed by atoms with Crippen LogP contribution in [0.2, 0.25) is 0 Å². The molecule has 1 aromatic rings. The van der Waals surface area contributed by atoms with E-state index in [2.05, 4.69) is 4.90 Å². The molecule has 0 aliphatic carbocycles. The van der Waals surface area contributed by atoms with E-state index in [0.717, 1.165) is 37.6 Å². The Morgan fingerprint density at radius 1 is 1.37 bits per heavy atom. The summed E-state index contributed by atoms with van der Waals surface area (Å²) in [4.78, 5) is 2.42. The Morgan fingerprint density at radius 3 is 2.89 bits per heavy atom. The Bertz CT molecular complexity index is 397. The Morgan fingerprint density at radius 2 is 2.16 bits per heavy atom. The van der Waals surface area contributed by atoms with Crippen molar-refractivity contribution in [2.45, 2.75) is 12.5 Å². The first-order valence-corrected chi connectivity index (χ1v) is 6.84. The maximum atomic E-state index is 6.32. The normalized spacial score (nSPS) is 21.5. The van der Waals surface area contributed by atoms with Crippen LogP contribution in [0.4, 0.5) is 0 Å². The molecule has 106 valence electrons. The van der Waals surface area contributed by atoms with Crippen molar-refractivity contribution in [1.29, 1.82) is 0 Å². The molecule has 2 atom stereocenters. The van der Waals surface area contributed by atoms with E-state index in [0.29, 0.717) is 5.92 Å². The van der Waals surface area contributed by atoms with Gasteiger partial charge in [0.25, 0.3) is 0 Å². The van der Waals surface area contributed by atoms with Crippen LogP contribution < -0.4 is 10.5 Å². The van der Waals surface area contributed by atoms with Crippen LogP contribution in [0.3, 0.4) is 0 Å². The van der Waals surface area contributed by atoms with Gasteiger partial charge in [0, 0.05) is 31.8 Å². The summed E-state index contributed by atoms with van der Waals surface area (Å²) in [6, 6.07) is 7.99. The number of hydrogen-bond donors (Lipinski definition) is 1. The number of nitrogens with zero attached hydrogens (tertiary/aromatic N) is 1. The van der Waals surface area contributed by atoms with Crippen LogP contribution in [0.1, 0.15) is 18.0 Å². The Hall–Kier alpha value is -1.10. The predicted octanol–water partition coefficient (Wildman–Crippen LogP) is 1.66. The van der Waals surface area contributed by atoms with Crippen molar-refractivity contribution in [3.8, 4) is 5.75 Å². The van der Waals surface area contributed by atoms with E-state index in [-0.39, 0.29) is 6.04 Å². The van der Waals surface area contributed by atoms with Crippen molar-refractivity contribution >= 4 is 0 Å². The maximum absolute atomic E-state index is 6.32. The van der Waals surface area contributed by atoms with Gasteiger partial charge in [0.15, 0.2) is 0 Å². The molecule has 1 fully saturated rings. The van der Waals surface area contributed by atoms with Gasteiger partial charge in [-0.1, -0.05) is 18.2 Å². The van der Waals surface area contributed by atoms with Crippen molar-refractivity contribution in [3.63, 3.8) is 0 Å². The third-order valence-corrected chi connectivity index (χ3v) is 3.77. The standard InChI is InChI=1S/C15H24N2O2/c1-18-11-12-7-8-17(9-12)10-14(16)13-5-3-4-6-15(13)19-2/h3-6,12,14H,7-11,16H2,1-2H3. The first kappa shape index (κ1) is 14.3. The second-order valence-corrected chi connectivity index (χ2v) is 5.22. The Balaban J connectivity index is 1.92. The molecule has 0 radical (unpaired) electrons. The van der Waals surface area contributed by atoms with Crippen LogP contribution in [0, 0.1) is 5.92 Å². The highest BCUT2D eigenvalue weighted by atomic mass is 16.5. The number of hydrogen-bond acceptors (Lipinski definition) is 4. The van der Waals surface area contributed by atoms with Crippen LogP contribution in [0.15, 0.2) is 24.3 Å². The highest BCUT2D eigenvalue weighted by Gasteiger charge is 2.24. The molecule has 19 heavy (non-hydrogen) atoms. The van der Waals surface area contributed by atoms with E-state index < -0.39 is 0 Å². The lowest BCUT2D eigenvalue weighted by molar-refractivity contribution is 0.152. The van der Waals surface area contributed by atoms with Crippen molar-refractivity contribution in [1.82, 2.24) is 4.90 Å². The zero-order valence-corrected chi connectivity index (χ0v) is 11.8. The summed E-state index contributed by atoms with van der Waals surface area (Å²) in [6.45, 7) is 3.91. The third-order valence-electron chi connectivity index (χ3n) is 3.77. The lowest BCUT2D eigenvalue weighted by Crippen LogP contribution is -2.31. The molecule has 0 spiro atoms. The summed E-state index contributed by atoms with van der Waals surface area (Å²) in [5.74, 6) is 1.53. The molecule has 2 rings (SSSR count). The fraction of sp³-hybridized carbons (Fsp3) is 0.600. The van der Waals surface area contributed by atoms with Crippen LogP contribution in [-0.4, -0.2) is 45.4 Å². The van der Waals surface area contributed by atoms with Gasteiger partial charge in [-0.15, -0.1) is 0 Å². The minimum atomic E-state index is -0.00237. The van der Waals surface area contributed by atoms with E-state index in [4.69, 9.17) is 15.2 Å². The van der Waals surface area contributed by atoms with Gasteiger partial charge in [-0.05, 0) is 24.9 Å². The highest BCUT2D eigenvalue weighted by molar-refractivity contribution is 5.35. The molecule has 0 aromatic heterocycles. The summed E-state index contributed by atoms with van der Waals surface area (Å²) < 4.78 is 10.6. The van der Waals surface area contributed by atoms with Crippen LogP contribution >= 0.6 is 0 Å². The van der Waals surface area contributed by atoms with Gasteiger partial charge in [0.05, 0.1) is 13.7 Å². The number of rotatable bonds is 6. The van der Waals surface area contributed by atoms with E-state index in [9.17, 15) is 0 Å². The van der Waals surface area contributed by atoms with Gasteiger partial charge < -0.3 is 20.1 Å². The van der Waals surface area contributed by atoms with Gasteiger partial charge in [0.2, 0.25) is 0 Å². The van der Waals surface area contributed by atoms with Crippen molar-refractivity contribution in [2.24, 2.45) is 11.7 Å². The van der Waals surface area contributed by atoms with Crippen molar-refractivity contribution < 1.29 is 9.47 Å². The fourth-order valence-electron chi connectivity index (χ4n) is 2.80. The molecule has 2 N–H and O–H groups in total. The van der Waals surface area contributed by atoms with Crippen LogP contribution in [-0.2, 0) is 4.74 Å². The van der Waals surface area contributed by atoms with Gasteiger partial charge in [0.1, 0.15) is 5.75 Å². The molecule has 4 nitrogen and oxygen atoms in total. The highest BCUT2D eigenvalue weighted by Crippen LogP contribution is 2.25. The minimum Gasteiger partial charge on any atom is -0.496 e. The molecule has 1 aromatic carbocycles. The molecular formula is C15H24N2O2.